The van der Waals surface area contributed by atoms with Crippen molar-refractivity contribution in [2.45, 2.75) is 19.1 Å². The second-order valence-electron chi connectivity index (χ2n) is 7.77. The van der Waals surface area contributed by atoms with Crippen molar-refractivity contribution in [1.82, 2.24) is 0 Å². The van der Waals surface area contributed by atoms with Crippen molar-refractivity contribution in [3.05, 3.63) is 101 Å². The number of hydrogen-bond donors (Lipinski definition) is 1. The van der Waals surface area contributed by atoms with Crippen molar-refractivity contribution in [2.24, 2.45) is 0 Å². The molecule has 8 heteroatoms. The Labute approximate surface area is 193 Å². The molecular weight excluding hydrogens is 447 g/mol. The van der Waals surface area contributed by atoms with E-state index in [1.54, 1.807) is 55.5 Å². The molecule has 1 aliphatic heterocycles. The zero-order valence-corrected chi connectivity index (χ0v) is 18.3. The van der Waals surface area contributed by atoms with E-state index in [0.717, 1.165) is 34.7 Å². The molecule has 0 aromatic heterocycles. The Morgan fingerprint density at radius 1 is 0.941 bits per heavy atom. The highest BCUT2D eigenvalue weighted by atomic mass is 19.4. The molecule has 1 aliphatic rings. The molecule has 1 N–H and O–H groups in total. The molecular formula is C26H20F3NO4. The summed E-state index contributed by atoms with van der Waals surface area (Å²) in [5.74, 6) is -2.04. The van der Waals surface area contributed by atoms with E-state index in [9.17, 15) is 27.9 Å². The molecule has 34 heavy (non-hydrogen) atoms. The van der Waals surface area contributed by atoms with Gasteiger partial charge < -0.3 is 9.84 Å². The standard InChI is InChI=1S/C26H20F3NO4/c1-15-7-3-4-8-18(15)22-21(23(31)19-9-5-6-10-20(19)34-2)24(32)25(33)30(22)17-13-11-16(12-14-17)26(27,28)29/h3-14,22,31H,1-2H3/b23-21+. The first-order valence-electron chi connectivity index (χ1n) is 10.3. The van der Waals surface area contributed by atoms with E-state index in [2.05, 4.69) is 0 Å². The molecule has 1 fully saturated rings. The van der Waals surface area contributed by atoms with Gasteiger partial charge in [-0.2, -0.15) is 13.2 Å². The summed E-state index contributed by atoms with van der Waals surface area (Å²) in [6, 6.07) is 16.4. The minimum Gasteiger partial charge on any atom is -0.507 e. The number of aliphatic hydroxyl groups excluding tert-OH is 1. The zero-order valence-electron chi connectivity index (χ0n) is 18.3. The number of nitrogens with zero attached hydrogens (tertiary/aromatic N) is 1. The number of halogens is 3. The highest BCUT2D eigenvalue weighted by Gasteiger charge is 2.47. The fraction of sp³-hybridized carbons (Fsp3) is 0.154. The third-order valence-corrected chi connectivity index (χ3v) is 5.76. The van der Waals surface area contributed by atoms with Crippen LogP contribution in [0.25, 0.3) is 5.76 Å². The fourth-order valence-electron chi connectivity index (χ4n) is 4.08. The second kappa shape index (κ2) is 8.70. The lowest BCUT2D eigenvalue weighted by Crippen LogP contribution is -2.29. The Hall–Kier alpha value is -4.07. The number of anilines is 1. The predicted octanol–water partition coefficient (Wildman–Crippen LogP) is 5.65. The maximum absolute atomic E-state index is 13.2. The van der Waals surface area contributed by atoms with Crippen LogP contribution in [0, 0.1) is 6.92 Å². The first kappa shape index (κ1) is 23.1. The van der Waals surface area contributed by atoms with Crippen LogP contribution >= 0.6 is 0 Å². The van der Waals surface area contributed by atoms with Crippen molar-refractivity contribution in [3.8, 4) is 5.75 Å². The lowest BCUT2D eigenvalue weighted by Gasteiger charge is -2.27. The van der Waals surface area contributed by atoms with Gasteiger partial charge in [0.2, 0.25) is 0 Å². The van der Waals surface area contributed by atoms with Crippen LogP contribution < -0.4 is 9.64 Å². The predicted molar refractivity (Wildman–Crippen MR) is 120 cm³/mol. The average molecular weight is 467 g/mol. The molecule has 0 saturated carbocycles. The number of hydrogen-bond acceptors (Lipinski definition) is 4. The van der Waals surface area contributed by atoms with Gasteiger partial charge in [0.05, 0.1) is 29.9 Å². The van der Waals surface area contributed by atoms with E-state index in [1.807, 2.05) is 0 Å². The van der Waals surface area contributed by atoms with E-state index < -0.39 is 35.2 Å². The average Bonchev–Trinajstić information content (AvgIpc) is 3.08. The Morgan fingerprint density at radius 2 is 1.56 bits per heavy atom. The Balaban J connectivity index is 1.95. The lowest BCUT2D eigenvalue weighted by molar-refractivity contribution is -0.137. The quantitative estimate of drug-likeness (QED) is 0.306. The number of Topliss-reactive ketones (excluding diaryl/α,β-unsaturated/α-hetero) is 1. The summed E-state index contributed by atoms with van der Waals surface area (Å²) in [5.41, 5.74) is 0.546. The molecule has 174 valence electrons. The summed E-state index contributed by atoms with van der Waals surface area (Å²) in [6.07, 6.45) is -4.55. The van der Waals surface area contributed by atoms with Crippen LogP contribution in [0.5, 0.6) is 5.75 Å². The molecule has 1 heterocycles. The third-order valence-electron chi connectivity index (χ3n) is 5.76. The van der Waals surface area contributed by atoms with Gasteiger partial charge in [-0.3, -0.25) is 14.5 Å². The van der Waals surface area contributed by atoms with Crippen molar-refractivity contribution in [3.63, 3.8) is 0 Å². The van der Waals surface area contributed by atoms with Gasteiger partial charge in [-0.05, 0) is 54.4 Å². The topological polar surface area (TPSA) is 66.8 Å². The number of benzene rings is 3. The van der Waals surface area contributed by atoms with Gasteiger partial charge in [0.1, 0.15) is 11.5 Å². The summed E-state index contributed by atoms with van der Waals surface area (Å²) in [7, 11) is 1.41. The van der Waals surface area contributed by atoms with Crippen molar-refractivity contribution < 1.29 is 32.6 Å². The van der Waals surface area contributed by atoms with Crippen LogP contribution in [-0.2, 0) is 15.8 Å². The van der Waals surface area contributed by atoms with Crippen LogP contribution in [0.3, 0.4) is 0 Å². The summed E-state index contributed by atoms with van der Waals surface area (Å²) in [6.45, 7) is 1.78. The van der Waals surface area contributed by atoms with Gasteiger partial charge in [0.25, 0.3) is 11.7 Å². The van der Waals surface area contributed by atoms with Crippen LogP contribution in [0.1, 0.15) is 28.3 Å². The second-order valence-corrected chi connectivity index (χ2v) is 7.77. The number of methoxy groups -OCH3 is 1. The first-order valence-corrected chi connectivity index (χ1v) is 10.3. The lowest BCUT2D eigenvalue weighted by atomic mass is 9.92. The molecule has 0 radical (unpaired) electrons. The maximum atomic E-state index is 13.2. The van der Waals surface area contributed by atoms with Crippen molar-refractivity contribution in [2.75, 3.05) is 12.0 Å². The Kier molecular flexibility index (Phi) is 5.91. The van der Waals surface area contributed by atoms with Crippen LogP contribution in [0.15, 0.2) is 78.4 Å². The number of carbonyl (C=O) groups is 2. The maximum Gasteiger partial charge on any atom is 0.416 e. The monoisotopic (exact) mass is 467 g/mol. The fourth-order valence-corrected chi connectivity index (χ4v) is 4.08. The number of amides is 1. The van der Waals surface area contributed by atoms with Gasteiger partial charge >= 0.3 is 6.18 Å². The molecule has 1 atom stereocenters. The van der Waals surface area contributed by atoms with Crippen LogP contribution in [0.4, 0.5) is 18.9 Å². The number of aryl methyl sites for hydroxylation is 1. The molecule has 1 unspecified atom stereocenters. The minimum atomic E-state index is -4.55. The summed E-state index contributed by atoms with van der Waals surface area (Å²) < 4.78 is 44.5. The van der Waals surface area contributed by atoms with Crippen molar-refractivity contribution >= 4 is 23.1 Å². The van der Waals surface area contributed by atoms with E-state index >= 15 is 0 Å². The van der Waals surface area contributed by atoms with Crippen molar-refractivity contribution in [1.29, 1.82) is 0 Å². The number of rotatable bonds is 4. The summed E-state index contributed by atoms with van der Waals surface area (Å²) in [4.78, 5) is 27.5. The third kappa shape index (κ3) is 3.91. The first-order chi connectivity index (χ1) is 16.1. The minimum absolute atomic E-state index is 0.0995. The molecule has 1 amide bonds. The van der Waals surface area contributed by atoms with E-state index in [0.29, 0.717) is 11.3 Å². The number of aliphatic hydroxyl groups is 1. The highest BCUT2D eigenvalue weighted by molar-refractivity contribution is 6.51. The molecule has 0 bridgehead atoms. The van der Waals surface area contributed by atoms with E-state index in [4.69, 9.17) is 4.74 Å². The Morgan fingerprint density at radius 3 is 2.18 bits per heavy atom. The van der Waals surface area contributed by atoms with E-state index in [1.165, 1.54) is 7.11 Å². The SMILES string of the molecule is COc1ccccc1/C(O)=C1\C(=O)C(=O)N(c2ccc(C(F)(F)F)cc2)C1c1ccccc1C. The van der Waals surface area contributed by atoms with Crippen LogP contribution in [-0.4, -0.2) is 23.9 Å². The number of alkyl halides is 3. The molecule has 4 rings (SSSR count). The molecule has 3 aromatic rings. The highest BCUT2D eigenvalue weighted by Crippen LogP contribution is 2.44. The molecule has 0 aliphatic carbocycles. The van der Waals surface area contributed by atoms with Gasteiger partial charge in [0, 0.05) is 5.69 Å². The van der Waals surface area contributed by atoms with Gasteiger partial charge in [0.15, 0.2) is 0 Å². The van der Waals surface area contributed by atoms with Gasteiger partial charge in [-0.25, -0.2) is 0 Å². The normalized spacial score (nSPS) is 17.8. The van der Waals surface area contributed by atoms with E-state index in [-0.39, 0.29) is 16.8 Å². The van der Waals surface area contributed by atoms with Crippen LogP contribution in [0.2, 0.25) is 0 Å². The Bertz CT molecular complexity index is 1300. The summed E-state index contributed by atoms with van der Waals surface area (Å²) >= 11 is 0. The molecule has 3 aromatic carbocycles. The van der Waals surface area contributed by atoms with Gasteiger partial charge in [-0.15, -0.1) is 0 Å². The zero-order chi connectivity index (χ0) is 24.6. The van der Waals surface area contributed by atoms with Gasteiger partial charge in [-0.1, -0.05) is 36.4 Å². The number of ketones is 1. The molecule has 5 nitrogen and oxygen atoms in total. The number of para-hydroxylation sites is 1. The summed E-state index contributed by atoms with van der Waals surface area (Å²) in [5, 5.41) is 11.2. The number of carbonyl (C=O) groups excluding carboxylic acids is 2. The largest absolute Gasteiger partial charge is 0.507 e. The molecule has 0 spiro atoms. The number of ether oxygens (including phenoxy) is 1. The smallest absolute Gasteiger partial charge is 0.416 e. The molecule has 1 saturated heterocycles.